The second-order valence-electron chi connectivity index (χ2n) is 3.23. The third-order valence-corrected chi connectivity index (χ3v) is 3.81. The van der Waals surface area contributed by atoms with Crippen molar-refractivity contribution < 1.29 is 4.79 Å². The van der Waals surface area contributed by atoms with Gasteiger partial charge in [0.25, 0.3) is 0 Å². The van der Waals surface area contributed by atoms with Gasteiger partial charge in [-0.2, -0.15) is 0 Å². The van der Waals surface area contributed by atoms with Gasteiger partial charge in [-0.3, -0.25) is 4.79 Å². The molecule has 5 heteroatoms. The van der Waals surface area contributed by atoms with Gasteiger partial charge in [0.2, 0.25) is 5.78 Å². The Morgan fingerprint density at radius 1 is 1.20 bits per heavy atom. The van der Waals surface area contributed by atoms with Crippen molar-refractivity contribution in [1.29, 1.82) is 0 Å². The highest BCUT2D eigenvalue weighted by Crippen LogP contribution is 2.21. The van der Waals surface area contributed by atoms with E-state index >= 15 is 0 Å². The van der Waals surface area contributed by atoms with Gasteiger partial charge in [0, 0.05) is 5.38 Å². The van der Waals surface area contributed by atoms with Crippen molar-refractivity contribution >= 4 is 28.5 Å². The molecule has 0 atom stereocenters. The molecule has 2 aromatic rings. The van der Waals surface area contributed by atoms with E-state index in [2.05, 4.69) is 9.97 Å². The van der Waals surface area contributed by atoms with Gasteiger partial charge in [-0.15, -0.1) is 22.7 Å². The van der Waals surface area contributed by atoms with E-state index in [4.69, 9.17) is 0 Å². The highest BCUT2D eigenvalue weighted by atomic mass is 32.1. The van der Waals surface area contributed by atoms with Crippen molar-refractivity contribution in [2.45, 2.75) is 20.8 Å². The molecule has 0 aliphatic heterocycles. The molecule has 0 N–H and O–H groups in total. The zero-order chi connectivity index (χ0) is 11.0. The molecule has 0 radical (unpaired) electrons. The second-order valence-corrected chi connectivity index (χ2v) is 5.49. The Labute approximate surface area is 95.8 Å². The normalized spacial score (nSPS) is 10.6. The summed E-state index contributed by atoms with van der Waals surface area (Å²) in [5.41, 5.74) is 1.33. The first-order valence-electron chi connectivity index (χ1n) is 4.49. The van der Waals surface area contributed by atoms with Crippen LogP contribution in [0.15, 0.2) is 5.38 Å². The molecule has 0 spiro atoms. The Hall–Kier alpha value is -1.07. The Kier molecular flexibility index (Phi) is 2.67. The Morgan fingerprint density at radius 3 is 2.40 bits per heavy atom. The molecular weight excluding hydrogens is 228 g/mol. The Balaban J connectivity index is 2.40. The minimum atomic E-state index is -0.0116. The van der Waals surface area contributed by atoms with E-state index in [9.17, 15) is 4.79 Å². The fourth-order valence-electron chi connectivity index (χ4n) is 1.33. The average molecular weight is 238 g/mol. The van der Waals surface area contributed by atoms with E-state index in [0.29, 0.717) is 10.6 Å². The standard InChI is InChI=1S/C10H10N2OS2/c1-5-10(15-7(3)11-5)9(13)8-4-14-6(2)12-8/h4H,1-3H3. The summed E-state index contributed by atoms with van der Waals surface area (Å²) in [5, 5.41) is 3.63. The van der Waals surface area contributed by atoms with Crippen molar-refractivity contribution in [3.8, 4) is 0 Å². The summed E-state index contributed by atoms with van der Waals surface area (Å²) >= 11 is 2.92. The van der Waals surface area contributed by atoms with E-state index in [1.807, 2.05) is 20.8 Å². The fraction of sp³-hybridized carbons (Fsp3) is 0.300. The van der Waals surface area contributed by atoms with Gasteiger partial charge in [-0.05, 0) is 20.8 Å². The summed E-state index contributed by atoms with van der Waals surface area (Å²) in [6, 6.07) is 0. The maximum atomic E-state index is 12.0. The van der Waals surface area contributed by atoms with Crippen LogP contribution in [-0.2, 0) is 0 Å². The predicted molar refractivity (Wildman–Crippen MR) is 61.9 cm³/mol. The van der Waals surface area contributed by atoms with Crippen LogP contribution >= 0.6 is 22.7 Å². The van der Waals surface area contributed by atoms with Gasteiger partial charge >= 0.3 is 0 Å². The van der Waals surface area contributed by atoms with Crippen LogP contribution in [0.5, 0.6) is 0 Å². The molecule has 2 aromatic heterocycles. The van der Waals surface area contributed by atoms with E-state index in [1.54, 1.807) is 5.38 Å². The van der Waals surface area contributed by atoms with Gasteiger partial charge in [-0.25, -0.2) is 9.97 Å². The van der Waals surface area contributed by atoms with Crippen LogP contribution in [0.3, 0.4) is 0 Å². The van der Waals surface area contributed by atoms with Crippen molar-refractivity contribution in [2.24, 2.45) is 0 Å². The lowest BCUT2D eigenvalue weighted by Crippen LogP contribution is -2.01. The molecule has 0 aliphatic carbocycles. The van der Waals surface area contributed by atoms with Crippen molar-refractivity contribution in [3.05, 3.63) is 31.7 Å². The average Bonchev–Trinajstić information content (AvgIpc) is 2.71. The van der Waals surface area contributed by atoms with Gasteiger partial charge in [0.05, 0.1) is 20.6 Å². The topological polar surface area (TPSA) is 42.9 Å². The molecule has 0 fully saturated rings. The molecule has 15 heavy (non-hydrogen) atoms. The summed E-state index contributed by atoms with van der Waals surface area (Å²) < 4.78 is 0. The molecule has 2 heterocycles. The van der Waals surface area contributed by atoms with Crippen molar-refractivity contribution in [2.75, 3.05) is 0 Å². The molecule has 3 nitrogen and oxygen atoms in total. The van der Waals surface area contributed by atoms with Crippen LogP contribution in [-0.4, -0.2) is 15.8 Å². The number of carbonyl (C=O) groups excluding carboxylic acids is 1. The van der Waals surface area contributed by atoms with Crippen LogP contribution in [0.2, 0.25) is 0 Å². The number of hydrogen-bond donors (Lipinski definition) is 0. The Morgan fingerprint density at radius 2 is 1.93 bits per heavy atom. The number of aryl methyl sites for hydroxylation is 3. The minimum Gasteiger partial charge on any atom is -0.286 e. The summed E-state index contributed by atoms with van der Waals surface area (Å²) in [6.07, 6.45) is 0. The first-order chi connectivity index (χ1) is 7.08. The number of aromatic nitrogens is 2. The lowest BCUT2D eigenvalue weighted by atomic mass is 10.2. The number of rotatable bonds is 2. The predicted octanol–water partition coefficient (Wildman–Crippen LogP) is 2.76. The maximum Gasteiger partial charge on any atom is 0.224 e. The molecule has 0 bridgehead atoms. The molecule has 0 aliphatic rings. The SMILES string of the molecule is Cc1nc(C(=O)c2sc(C)nc2C)cs1. The van der Waals surface area contributed by atoms with Gasteiger partial charge < -0.3 is 0 Å². The third kappa shape index (κ3) is 1.98. The number of carbonyl (C=O) groups is 1. The fourth-order valence-corrected chi connectivity index (χ4v) is 2.79. The van der Waals surface area contributed by atoms with Crippen molar-refractivity contribution in [3.63, 3.8) is 0 Å². The second kappa shape index (κ2) is 3.83. The summed E-state index contributed by atoms with van der Waals surface area (Å²) in [5.74, 6) is -0.0116. The highest BCUT2D eigenvalue weighted by molar-refractivity contribution is 7.14. The van der Waals surface area contributed by atoms with Crippen LogP contribution in [0.25, 0.3) is 0 Å². The first-order valence-corrected chi connectivity index (χ1v) is 6.18. The van der Waals surface area contributed by atoms with Crippen molar-refractivity contribution in [1.82, 2.24) is 9.97 Å². The van der Waals surface area contributed by atoms with E-state index in [1.165, 1.54) is 22.7 Å². The number of ketones is 1. The number of hydrogen-bond acceptors (Lipinski definition) is 5. The number of thiazole rings is 2. The number of nitrogens with zero attached hydrogens (tertiary/aromatic N) is 2. The monoisotopic (exact) mass is 238 g/mol. The van der Waals surface area contributed by atoms with E-state index in [-0.39, 0.29) is 5.78 Å². The smallest absolute Gasteiger partial charge is 0.224 e. The van der Waals surface area contributed by atoms with Crippen LogP contribution in [0.1, 0.15) is 31.1 Å². The molecule has 0 saturated heterocycles. The van der Waals surface area contributed by atoms with Crippen LogP contribution in [0.4, 0.5) is 0 Å². The van der Waals surface area contributed by atoms with Crippen LogP contribution < -0.4 is 0 Å². The van der Waals surface area contributed by atoms with Crippen LogP contribution in [0, 0.1) is 20.8 Å². The highest BCUT2D eigenvalue weighted by Gasteiger charge is 2.17. The van der Waals surface area contributed by atoms with Gasteiger partial charge in [0.1, 0.15) is 5.69 Å². The quantitative estimate of drug-likeness (QED) is 0.755. The molecule has 2 rings (SSSR count). The Bertz CT molecular complexity index is 513. The van der Waals surface area contributed by atoms with Gasteiger partial charge in [-0.1, -0.05) is 0 Å². The molecule has 0 amide bonds. The largest absolute Gasteiger partial charge is 0.286 e. The summed E-state index contributed by atoms with van der Waals surface area (Å²) in [4.78, 5) is 21.1. The van der Waals surface area contributed by atoms with E-state index in [0.717, 1.165) is 15.7 Å². The lowest BCUT2D eigenvalue weighted by Gasteiger charge is -1.92. The van der Waals surface area contributed by atoms with Gasteiger partial charge in [0.15, 0.2) is 0 Å². The minimum absolute atomic E-state index is 0.0116. The lowest BCUT2D eigenvalue weighted by molar-refractivity contribution is 0.103. The molecule has 0 saturated carbocycles. The maximum absolute atomic E-state index is 12.0. The zero-order valence-corrected chi connectivity index (χ0v) is 10.3. The molecular formula is C10H10N2OS2. The third-order valence-electron chi connectivity index (χ3n) is 1.96. The first kappa shape index (κ1) is 10.4. The van der Waals surface area contributed by atoms with E-state index < -0.39 is 0 Å². The summed E-state index contributed by atoms with van der Waals surface area (Å²) in [6.45, 7) is 5.66. The molecule has 78 valence electrons. The summed E-state index contributed by atoms with van der Waals surface area (Å²) in [7, 11) is 0. The molecule has 0 unspecified atom stereocenters. The molecule has 0 aromatic carbocycles. The zero-order valence-electron chi connectivity index (χ0n) is 8.70.